The highest BCUT2D eigenvalue weighted by Crippen LogP contribution is 2.30. The van der Waals surface area contributed by atoms with Crippen molar-refractivity contribution in [1.82, 2.24) is 24.9 Å². The smallest absolute Gasteiger partial charge is 0.224 e. The summed E-state index contributed by atoms with van der Waals surface area (Å²) in [6.45, 7) is 3.60. The van der Waals surface area contributed by atoms with E-state index in [1.807, 2.05) is 19.2 Å². The summed E-state index contributed by atoms with van der Waals surface area (Å²) in [5.41, 5.74) is 1.53. The molecule has 1 N–H and O–H groups in total. The van der Waals surface area contributed by atoms with Gasteiger partial charge in [0.05, 0.1) is 17.6 Å². The second-order valence-electron chi connectivity index (χ2n) is 6.22. The summed E-state index contributed by atoms with van der Waals surface area (Å²) < 4.78 is 25.4. The molecule has 1 amide bonds. The van der Waals surface area contributed by atoms with Gasteiger partial charge in [0, 0.05) is 44.4 Å². The molecule has 1 aliphatic rings. The SMILES string of the molecule is Cc1ccn(CCC(=O)N2CC[C@@H](c3[nH]ncc3S(C)(=O)=O)C2)n1. The Morgan fingerprint density at radius 2 is 2.25 bits per heavy atom. The van der Waals surface area contributed by atoms with Crippen molar-refractivity contribution in [2.45, 2.75) is 37.1 Å². The van der Waals surface area contributed by atoms with Crippen LogP contribution in [0.4, 0.5) is 0 Å². The molecule has 0 aromatic carbocycles. The van der Waals surface area contributed by atoms with Crippen LogP contribution in [0.2, 0.25) is 0 Å². The maximum Gasteiger partial charge on any atom is 0.224 e. The van der Waals surface area contributed by atoms with Gasteiger partial charge in [0.25, 0.3) is 0 Å². The number of carbonyl (C=O) groups excluding carboxylic acids is 1. The van der Waals surface area contributed by atoms with Crippen molar-refractivity contribution in [2.75, 3.05) is 19.3 Å². The molecule has 0 aliphatic carbocycles. The van der Waals surface area contributed by atoms with Crippen LogP contribution >= 0.6 is 0 Å². The molecule has 2 aromatic heterocycles. The zero-order valence-electron chi connectivity index (χ0n) is 13.8. The Labute approximate surface area is 140 Å². The monoisotopic (exact) mass is 351 g/mol. The van der Waals surface area contributed by atoms with E-state index in [0.29, 0.717) is 31.7 Å². The maximum atomic E-state index is 12.4. The zero-order chi connectivity index (χ0) is 17.3. The number of aromatic amines is 1. The Morgan fingerprint density at radius 1 is 1.46 bits per heavy atom. The van der Waals surface area contributed by atoms with E-state index in [0.717, 1.165) is 12.1 Å². The molecule has 2 aromatic rings. The highest BCUT2D eigenvalue weighted by molar-refractivity contribution is 7.90. The molecule has 1 saturated heterocycles. The van der Waals surface area contributed by atoms with E-state index in [1.165, 1.54) is 12.5 Å². The fraction of sp³-hybridized carbons (Fsp3) is 0.533. The Kier molecular flexibility index (Phi) is 4.44. The summed E-state index contributed by atoms with van der Waals surface area (Å²) in [4.78, 5) is 14.4. The molecule has 0 unspecified atom stereocenters. The van der Waals surface area contributed by atoms with Crippen molar-refractivity contribution in [3.05, 3.63) is 29.8 Å². The van der Waals surface area contributed by atoms with Crippen LogP contribution in [0.5, 0.6) is 0 Å². The summed E-state index contributed by atoms with van der Waals surface area (Å²) in [7, 11) is -3.32. The van der Waals surface area contributed by atoms with Gasteiger partial charge in [-0.25, -0.2) is 8.42 Å². The molecule has 24 heavy (non-hydrogen) atoms. The van der Waals surface area contributed by atoms with Gasteiger partial charge in [-0.2, -0.15) is 10.2 Å². The maximum absolute atomic E-state index is 12.4. The van der Waals surface area contributed by atoms with Crippen LogP contribution in [0.25, 0.3) is 0 Å². The minimum Gasteiger partial charge on any atom is -0.342 e. The molecule has 0 radical (unpaired) electrons. The molecule has 9 heteroatoms. The fourth-order valence-corrected chi connectivity index (χ4v) is 3.91. The van der Waals surface area contributed by atoms with Crippen LogP contribution < -0.4 is 0 Å². The summed E-state index contributed by atoms with van der Waals surface area (Å²) in [5, 5.41) is 10.9. The first-order valence-corrected chi connectivity index (χ1v) is 9.75. The van der Waals surface area contributed by atoms with E-state index in [-0.39, 0.29) is 16.7 Å². The Hall–Kier alpha value is -2.16. The first-order chi connectivity index (χ1) is 11.3. The Balaban J connectivity index is 1.61. The van der Waals surface area contributed by atoms with Gasteiger partial charge in [-0.1, -0.05) is 0 Å². The van der Waals surface area contributed by atoms with E-state index < -0.39 is 9.84 Å². The molecule has 0 saturated carbocycles. The second-order valence-corrected chi connectivity index (χ2v) is 8.20. The van der Waals surface area contributed by atoms with E-state index in [2.05, 4.69) is 15.3 Å². The number of carbonyl (C=O) groups is 1. The Morgan fingerprint density at radius 3 is 2.92 bits per heavy atom. The average molecular weight is 351 g/mol. The van der Waals surface area contributed by atoms with Gasteiger partial charge in [-0.3, -0.25) is 14.6 Å². The van der Waals surface area contributed by atoms with Crippen LogP contribution in [0.15, 0.2) is 23.4 Å². The highest BCUT2D eigenvalue weighted by atomic mass is 32.2. The molecule has 3 heterocycles. The van der Waals surface area contributed by atoms with Crippen molar-refractivity contribution < 1.29 is 13.2 Å². The van der Waals surface area contributed by atoms with Gasteiger partial charge in [0.2, 0.25) is 5.91 Å². The molecule has 1 aliphatic heterocycles. The lowest BCUT2D eigenvalue weighted by Gasteiger charge is -2.16. The van der Waals surface area contributed by atoms with Crippen LogP contribution in [-0.2, 0) is 21.2 Å². The predicted molar refractivity (Wildman–Crippen MR) is 87.2 cm³/mol. The summed E-state index contributed by atoms with van der Waals surface area (Å²) in [5.74, 6) is 0.0409. The van der Waals surface area contributed by atoms with Gasteiger partial charge < -0.3 is 4.90 Å². The normalized spacial score (nSPS) is 18.2. The van der Waals surface area contributed by atoms with Gasteiger partial charge >= 0.3 is 0 Å². The molecule has 130 valence electrons. The first kappa shape index (κ1) is 16.7. The number of amides is 1. The van der Waals surface area contributed by atoms with Gasteiger partial charge in [0.1, 0.15) is 4.90 Å². The minimum atomic E-state index is -3.32. The molecule has 0 bridgehead atoms. The average Bonchev–Trinajstić information content (AvgIpc) is 3.23. The lowest BCUT2D eigenvalue weighted by Crippen LogP contribution is -2.29. The summed E-state index contributed by atoms with van der Waals surface area (Å²) >= 11 is 0. The van der Waals surface area contributed by atoms with Crippen LogP contribution in [0, 0.1) is 6.92 Å². The second kappa shape index (κ2) is 6.39. The number of aromatic nitrogens is 4. The van der Waals surface area contributed by atoms with Crippen molar-refractivity contribution in [3.8, 4) is 0 Å². The number of rotatable bonds is 5. The van der Waals surface area contributed by atoms with Crippen molar-refractivity contribution >= 4 is 15.7 Å². The third kappa shape index (κ3) is 3.50. The molecule has 1 atom stereocenters. The first-order valence-electron chi connectivity index (χ1n) is 7.86. The van der Waals surface area contributed by atoms with E-state index in [1.54, 1.807) is 9.58 Å². The highest BCUT2D eigenvalue weighted by Gasteiger charge is 2.31. The molecular weight excluding hydrogens is 330 g/mol. The predicted octanol–water partition coefficient (Wildman–Crippen LogP) is 0.724. The number of sulfone groups is 1. The summed E-state index contributed by atoms with van der Waals surface area (Å²) in [6.07, 6.45) is 5.49. The zero-order valence-corrected chi connectivity index (χ0v) is 14.6. The van der Waals surface area contributed by atoms with Crippen LogP contribution in [-0.4, -0.2) is 58.5 Å². The molecule has 8 nitrogen and oxygen atoms in total. The minimum absolute atomic E-state index is 0.0203. The van der Waals surface area contributed by atoms with Crippen molar-refractivity contribution in [3.63, 3.8) is 0 Å². The van der Waals surface area contributed by atoms with Crippen LogP contribution in [0.1, 0.15) is 30.1 Å². The lowest BCUT2D eigenvalue weighted by atomic mass is 10.1. The number of aryl methyl sites for hydroxylation is 2. The fourth-order valence-electron chi connectivity index (χ4n) is 3.05. The quantitative estimate of drug-likeness (QED) is 0.855. The lowest BCUT2D eigenvalue weighted by molar-refractivity contribution is -0.130. The van der Waals surface area contributed by atoms with E-state index >= 15 is 0 Å². The number of hydrogen-bond acceptors (Lipinski definition) is 5. The number of hydrogen-bond donors (Lipinski definition) is 1. The van der Waals surface area contributed by atoms with Gasteiger partial charge in [0.15, 0.2) is 9.84 Å². The van der Waals surface area contributed by atoms with Gasteiger partial charge in [-0.05, 0) is 19.4 Å². The third-order valence-corrected chi connectivity index (χ3v) is 5.43. The molecule has 1 fully saturated rings. The summed E-state index contributed by atoms with van der Waals surface area (Å²) in [6, 6.07) is 1.90. The number of H-pyrrole nitrogens is 1. The largest absolute Gasteiger partial charge is 0.342 e. The van der Waals surface area contributed by atoms with Gasteiger partial charge in [-0.15, -0.1) is 0 Å². The number of likely N-dealkylation sites (tertiary alicyclic amines) is 1. The number of nitrogens with zero attached hydrogens (tertiary/aromatic N) is 4. The third-order valence-electron chi connectivity index (χ3n) is 4.31. The molecule has 3 rings (SSSR count). The van der Waals surface area contributed by atoms with Crippen molar-refractivity contribution in [1.29, 1.82) is 0 Å². The Bertz CT molecular complexity index is 839. The van der Waals surface area contributed by atoms with Crippen LogP contribution in [0.3, 0.4) is 0 Å². The standard InChI is InChI=1S/C15H21N5O3S/c1-11-3-7-20(18-11)8-5-14(21)19-6-4-12(10-19)15-13(9-16-17-15)24(2,22)23/h3,7,9,12H,4-6,8,10H2,1-2H3,(H,16,17)/t12-/m1/s1. The van der Waals surface area contributed by atoms with E-state index in [9.17, 15) is 13.2 Å². The molecule has 0 spiro atoms. The van der Waals surface area contributed by atoms with Crippen molar-refractivity contribution in [2.24, 2.45) is 0 Å². The molecular formula is C15H21N5O3S. The van der Waals surface area contributed by atoms with E-state index in [4.69, 9.17) is 0 Å². The topological polar surface area (TPSA) is 101 Å². The number of nitrogens with one attached hydrogen (secondary N) is 1.